The zero-order valence-electron chi connectivity index (χ0n) is 12.8. The molecule has 5 heteroatoms. The molecule has 23 heavy (non-hydrogen) atoms. The van der Waals surface area contributed by atoms with E-state index in [1.54, 1.807) is 42.5 Å². The van der Waals surface area contributed by atoms with E-state index in [4.69, 9.17) is 0 Å². The number of anilines is 1. The number of carboxylic acids is 1. The molecule has 0 amide bonds. The lowest BCUT2D eigenvalue weighted by atomic mass is 9.93. The summed E-state index contributed by atoms with van der Waals surface area (Å²) in [6.45, 7) is 2.43. The fourth-order valence-corrected chi connectivity index (χ4v) is 3.41. The van der Waals surface area contributed by atoms with Crippen molar-refractivity contribution in [3.8, 4) is 11.5 Å². The van der Waals surface area contributed by atoms with Gasteiger partial charge < -0.3 is 20.2 Å². The molecule has 3 rings (SSSR count). The number of hydrogen-bond donors (Lipinski definition) is 3. The Morgan fingerprint density at radius 3 is 2.43 bits per heavy atom. The molecule has 3 N–H and O–H groups in total. The Labute approximate surface area is 134 Å². The number of rotatable bonds is 4. The molecule has 2 aromatic rings. The molecule has 1 aliphatic heterocycles. The Morgan fingerprint density at radius 1 is 1.13 bits per heavy atom. The van der Waals surface area contributed by atoms with Crippen LogP contribution in [-0.2, 0) is 11.3 Å². The maximum Gasteiger partial charge on any atom is 0.313 e. The monoisotopic (exact) mass is 313 g/mol. The second-order valence-corrected chi connectivity index (χ2v) is 5.80. The predicted octanol–water partition coefficient (Wildman–Crippen LogP) is 3.06. The number of nitrogens with zero attached hydrogens (tertiary/aromatic N) is 1. The fraction of sp³-hybridized carbons (Fsp3) is 0.278. The minimum Gasteiger partial charge on any atom is -0.508 e. The van der Waals surface area contributed by atoms with Gasteiger partial charge in [-0.2, -0.15) is 0 Å². The Kier molecular flexibility index (Phi) is 3.86. The van der Waals surface area contributed by atoms with Gasteiger partial charge in [-0.05, 0) is 35.7 Å². The average molecular weight is 313 g/mol. The van der Waals surface area contributed by atoms with Gasteiger partial charge in [0.25, 0.3) is 0 Å². The van der Waals surface area contributed by atoms with E-state index < -0.39 is 11.9 Å². The van der Waals surface area contributed by atoms with Crippen LogP contribution < -0.4 is 4.90 Å². The third-order valence-corrected chi connectivity index (χ3v) is 4.43. The second-order valence-electron chi connectivity index (χ2n) is 5.80. The van der Waals surface area contributed by atoms with E-state index in [9.17, 15) is 20.1 Å². The van der Waals surface area contributed by atoms with Gasteiger partial charge in [0.1, 0.15) is 17.4 Å². The first-order valence-electron chi connectivity index (χ1n) is 7.62. The first kappa shape index (κ1) is 15.2. The van der Waals surface area contributed by atoms with E-state index in [-0.39, 0.29) is 17.5 Å². The molecular formula is C18H19NO4. The predicted molar refractivity (Wildman–Crippen MR) is 86.9 cm³/mol. The van der Waals surface area contributed by atoms with E-state index in [2.05, 4.69) is 0 Å². The van der Waals surface area contributed by atoms with E-state index >= 15 is 0 Å². The number of aliphatic carboxylic acids is 1. The van der Waals surface area contributed by atoms with Gasteiger partial charge in [-0.3, -0.25) is 4.79 Å². The van der Waals surface area contributed by atoms with Gasteiger partial charge >= 0.3 is 5.97 Å². The van der Waals surface area contributed by atoms with E-state index in [1.807, 2.05) is 11.8 Å². The van der Waals surface area contributed by atoms with Crippen LogP contribution in [0.1, 0.15) is 30.4 Å². The van der Waals surface area contributed by atoms with Gasteiger partial charge in [-0.1, -0.05) is 31.2 Å². The molecule has 1 aliphatic rings. The van der Waals surface area contributed by atoms with Crippen molar-refractivity contribution >= 4 is 11.7 Å². The standard InChI is InChI=1S/C18H19NO4/c1-2-14-16(18(22)23)13-4-3-5-15(21)17(13)19(14)10-11-6-8-12(20)9-7-11/h3-9,14,16,20-21H,2,10H2,1H3,(H,22,23). The van der Waals surface area contributed by atoms with Crippen LogP contribution >= 0.6 is 0 Å². The maximum absolute atomic E-state index is 11.7. The number of hydrogen-bond acceptors (Lipinski definition) is 4. The van der Waals surface area contributed by atoms with Gasteiger partial charge in [0.2, 0.25) is 0 Å². The van der Waals surface area contributed by atoms with E-state index in [1.165, 1.54) is 0 Å². The Bertz CT molecular complexity index is 726. The summed E-state index contributed by atoms with van der Waals surface area (Å²) in [6, 6.07) is 11.6. The van der Waals surface area contributed by atoms with Gasteiger partial charge in [-0.25, -0.2) is 0 Å². The van der Waals surface area contributed by atoms with Crippen molar-refractivity contribution in [2.75, 3.05) is 4.90 Å². The molecular weight excluding hydrogens is 294 g/mol. The highest BCUT2D eigenvalue weighted by Gasteiger charge is 2.43. The maximum atomic E-state index is 11.7. The van der Waals surface area contributed by atoms with Crippen molar-refractivity contribution in [1.29, 1.82) is 0 Å². The zero-order valence-corrected chi connectivity index (χ0v) is 12.8. The number of carboxylic acid groups (broad SMARTS) is 1. The summed E-state index contributed by atoms with van der Waals surface area (Å²) >= 11 is 0. The van der Waals surface area contributed by atoms with Crippen LogP contribution in [0.5, 0.6) is 11.5 Å². The lowest BCUT2D eigenvalue weighted by Crippen LogP contribution is -2.35. The molecule has 0 radical (unpaired) electrons. The largest absolute Gasteiger partial charge is 0.508 e. The Morgan fingerprint density at radius 2 is 1.83 bits per heavy atom. The zero-order chi connectivity index (χ0) is 16.6. The Balaban J connectivity index is 2.04. The number of para-hydroxylation sites is 1. The smallest absolute Gasteiger partial charge is 0.313 e. The summed E-state index contributed by atoms with van der Waals surface area (Å²) in [7, 11) is 0. The van der Waals surface area contributed by atoms with Crippen molar-refractivity contribution < 1.29 is 20.1 Å². The Hall–Kier alpha value is -2.69. The first-order chi connectivity index (χ1) is 11.0. The van der Waals surface area contributed by atoms with Crippen LogP contribution in [0.15, 0.2) is 42.5 Å². The normalized spacial score (nSPS) is 19.6. The van der Waals surface area contributed by atoms with Crippen LogP contribution in [0.3, 0.4) is 0 Å². The van der Waals surface area contributed by atoms with Crippen molar-refractivity contribution in [1.82, 2.24) is 0 Å². The van der Waals surface area contributed by atoms with Crippen LogP contribution in [0.4, 0.5) is 5.69 Å². The highest BCUT2D eigenvalue weighted by atomic mass is 16.4. The molecule has 0 saturated carbocycles. The summed E-state index contributed by atoms with van der Waals surface area (Å²) in [5, 5.41) is 29.3. The lowest BCUT2D eigenvalue weighted by Gasteiger charge is -2.29. The highest BCUT2D eigenvalue weighted by Crippen LogP contribution is 2.47. The van der Waals surface area contributed by atoms with Crippen LogP contribution in [-0.4, -0.2) is 27.3 Å². The van der Waals surface area contributed by atoms with Crippen molar-refractivity contribution in [3.05, 3.63) is 53.6 Å². The number of carbonyl (C=O) groups is 1. The van der Waals surface area contributed by atoms with Crippen LogP contribution in [0, 0.1) is 0 Å². The van der Waals surface area contributed by atoms with Crippen molar-refractivity contribution in [3.63, 3.8) is 0 Å². The number of phenols is 2. The highest BCUT2D eigenvalue weighted by molar-refractivity contribution is 5.86. The van der Waals surface area contributed by atoms with Crippen molar-refractivity contribution in [2.45, 2.75) is 31.8 Å². The minimum atomic E-state index is -0.878. The quantitative estimate of drug-likeness (QED) is 0.808. The van der Waals surface area contributed by atoms with Gasteiger partial charge in [-0.15, -0.1) is 0 Å². The molecule has 2 unspecified atom stereocenters. The number of aromatic hydroxyl groups is 2. The molecule has 5 nitrogen and oxygen atoms in total. The molecule has 0 fully saturated rings. The fourth-order valence-electron chi connectivity index (χ4n) is 3.41. The molecule has 0 aromatic heterocycles. The summed E-state index contributed by atoms with van der Waals surface area (Å²) < 4.78 is 0. The van der Waals surface area contributed by atoms with Crippen molar-refractivity contribution in [2.24, 2.45) is 0 Å². The average Bonchev–Trinajstić information content (AvgIpc) is 2.84. The summed E-state index contributed by atoms with van der Waals surface area (Å²) in [4.78, 5) is 13.7. The summed E-state index contributed by atoms with van der Waals surface area (Å²) in [6.07, 6.45) is 0.656. The van der Waals surface area contributed by atoms with Gasteiger partial charge in [0, 0.05) is 12.6 Å². The molecule has 2 atom stereocenters. The second kappa shape index (κ2) is 5.83. The molecule has 2 aromatic carbocycles. The van der Waals surface area contributed by atoms with Crippen LogP contribution in [0.25, 0.3) is 0 Å². The summed E-state index contributed by atoms with van der Waals surface area (Å²) in [5.41, 5.74) is 2.20. The molecule has 120 valence electrons. The third-order valence-electron chi connectivity index (χ3n) is 4.43. The topological polar surface area (TPSA) is 81.0 Å². The van der Waals surface area contributed by atoms with E-state index in [0.717, 1.165) is 5.56 Å². The molecule has 0 aliphatic carbocycles. The van der Waals surface area contributed by atoms with Gasteiger partial charge in [0.05, 0.1) is 5.69 Å². The lowest BCUT2D eigenvalue weighted by molar-refractivity contribution is -0.139. The third kappa shape index (κ3) is 2.59. The first-order valence-corrected chi connectivity index (χ1v) is 7.62. The number of benzene rings is 2. The SMILES string of the molecule is CCC1C(C(=O)O)c2cccc(O)c2N1Cc1ccc(O)cc1. The number of fused-ring (bicyclic) bond motifs is 1. The molecule has 0 saturated heterocycles. The summed E-state index contributed by atoms with van der Waals surface area (Å²) in [5.74, 6) is -1.24. The van der Waals surface area contributed by atoms with E-state index in [0.29, 0.717) is 24.2 Å². The molecule has 0 spiro atoms. The molecule has 1 heterocycles. The van der Waals surface area contributed by atoms with Gasteiger partial charge in [0.15, 0.2) is 0 Å². The van der Waals surface area contributed by atoms with Crippen LogP contribution in [0.2, 0.25) is 0 Å². The molecule has 0 bridgehead atoms. The minimum absolute atomic E-state index is 0.100. The number of phenolic OH excluding ortho intramolecular Hbond substituents is 2.